The van der Waals surface area contributed by atoms with Crippen molar-refractivity contribution in [1.29, 1.82) is 0 Å². The summed E-state index contributed by atoms with van der Waals surface area (Å²) in [6.45, 7) is 2.44. The highest BCUT2D eigenvalue weighted by atomic mass is 79.9. The number of carbonyl (C=O) groups is 1. The van der Waals surface area contributed by atoms with Gasteiger partial charge in [-0.1, -0.05) is 12.1 Å². The zero-order valence-corrected chi connectivity index (χ0v) is 12.9. The molecule has 20 heavy (non-hydrogen) atoms. The van der Waals surface area contributed by atoms with Gasteiger partial charge in [0.25, 0.3) is 5.91 Å². The van der Waals surface area contributed by atoms with E-state index < -0.39 is 0 Å². The second kappa shape index (κ2) is 4.90. The van der Waals surface area contributed by atoms with Gasteiger partial charge in [0.2, 0.25) is 0 Å². The van der Waals surface area contributed by atoms with E-state index >= 15 is 0 Å². The molecule has 1 aliphatic carbocycles. The van der Waals surface area contributed by atoms with Crippen LogP contribution in [0.1, 0.15) is 30.3 Å². The third-order valence-electron chi connectivity index (χ3n) is 4.02. The number of rotatable bonds is 4. The summed E-state index contributed by atoms with van der Waals surface area (Å²) in [6.07, 6.45) is 2.25. The maximum Gasteiger partial charge on any atom is 0.287 e. The van der Waals surface area contributed by atoms with Crippen molar-refractivity contribution in [2.75, 3.05) is 6.54 Å². The first-order valence-corrected chi connectivity index (χ1v) is 7.53. The smallest absolute Gasteiger partial charge is 0.287 e. The summed E-state index contributed by atoms with van der Waals surface area (Å²) < 4.78 is 6.50. The molecule has 0 aliphatic heterocycles. The van der Waals surface area contributed by atoms with Gasteiger partial charge in [0.1, 0.15) is 5.58 Å². The zero-order valence-electron chi connectivity index (χ0n) is 11.3. The van der Waals surface area contributed by atoms with Crippen LogP contribution in [0.25, 0.3) is 11.0 Å². The lowest BCUT2D eigenvalue weighted by molar-refractivity contribution is 0.0871. The number of amides is 1. The minimum atomic E-state index is -0.340. The second-order valence-corrected chi connectivity index (χ2v) is 6.47. The third-order valence-corrected chi connectivity index (χ3v) is 4.65. The summed E-state index contributed by atoms with van der Waals surface area (Å²) >= 11 is 3.42. The number of nitrogens with one attached hydrogen (secondary N) is 1. The molecule has 3 rings (SSSR count). The second-order valence-electron chi connectivity index (χ2n) is 5.62. The van der Waals surface area contributed by atoms with Crippen molar-refractivity contribution in [3.05, 3.63) is 34.5 Å². The van der Waals surface area contributed by atoms with E-state index in [-0.39, 0.29) is 11.4 Å². The van der Waals surface area contributed by atoms with E-state index in [4.69, 9.17) is 10.2 Å². The Morgan fingerprint density at radius 3 is 2.90 bits per heavy atom. The summed E-state index contributed by atoms with van der Waals surface area (Å²) in [5.74, 6) is 0.604. The monoisotopic (exact) mass is 336 g/mol. The Morgan fingerprint density at radius 1 is 1.55 bits per heavy atom. The van der Waals surface area contributed by atoms with Gasteiger partial charge in [0.15, 0.2) is 5.76 Å². The maximum absolute atomic E-state index is 12.4. The number of hydrogen-bond acceptors (Lipinski definition) is 3. The van der Waals surface area contributed by atoms with Gasteiger partial charge in [-0.15, -0.1) is 0 Å². The highest BCUT2D eigenvalue weighted by molar-refractivity contribution is 9.10. The maximum atomic E-state index is 12.4. The number of fused-ring (bicyclic) bond motifs is 1. The Labute approximate surface area is 125 Å². The fraction of sp³-hybridized carbons (Fsp3) is 0.400. The van der Waals surface area contributed by atoms with Crippen LogP contribution in [0.5, 0.6) is 0 Å². The van der Waals surface area contributed by atoms with Gasteiger partial charge >= 0.3 is 0 Å². The molecule has 5 heteroatoms. The van der Waals surface area contributed by atoms with Gasteiger partial charge < -0.3 is 15.5 Å². The summed E-state index contributed by atoms with van der Waals surface area (Å²) in [5.41, 5.74) is 6.17. The minimum absolute atomic E-state index is 0.201. The summed E-state index contributed by atoms with van der Waals surface area (Å²) in [6, 6.07) is 7.49. The lowest BCUT2D eigenvalue weighted by Crippen LogP contribution is -2.53. The Hall–Kier alpha value is -1.33. The molecule has 1 aliphatic rings. The molecule has 0 radical (unpaired) electrons. The Morgan fingerprint density at radius 2 is 2.30 bits per heavy atom. The number of benzene rings is 1. The van der Waals surface area contributed by atoms with Gasteiger partial charge in [0.05, 0.1) is 10.0 Å². The van der Waals surface area contributed by atoms with Crippen molar-refractivity contribution >= 4 is 32.8 Å². The lowest BCUT2D eigenvalue weighted by Gasteiger charge is -2.28. The Bertz CT molecular complexity index is 663. The number of hydrogen-bond donors (Lipinski definition) is 2. The van der Waals surface area contributed by atoms with Crippen LogP contribution in [0.15, 0.2) is 33.2 Å². The number of halogens is 1. The molecule has 0 spiro atoms. The van der Waals surface area contributed by atoms with Crippen LogP contribution < -0.4 is 11.1 Å². The molecular weight excluding hydrogens is 320 g/mol. The molecule has 0 bridgehead atoms. The molecular formula is C15H17BrN2O2. The SMILES string of the molecule is CC(CN)(NC(=O)c1cc2cccc(Br)c2o1)C1CC1. The largest absolute Gasteiger partial charge is 0.450 e. The van der Waals surface area contributed by atoms with Gasteiger partial charge in [0, 0.05) is 11.9 Å². The first kappa shape index (κ1) is 13.6. The number of para-hydroxylation sites is 1. The van der Waals surface area contributed by atoms with E-state index in [1.54, 1.807) is 6.07 Å². The minimum Gasteiger partial charge on any atom is -0.450 e. The van der Waals surface area contributed by atoms with Crippen LogP contribution in [0.2, 0.25) is 0 Å². The van der Waals surface area contributed by atoms with Crippen molar-refractivity contribution < 1.29 is 9.21 Å². The molecule has 1 atom stereocenters. The number of carbonyl (C=O) groups excluding carboxylic acids is 1. The van der Waals surface area contributed by atoms with Crippen LogP contribution in [-0.4, -0.2) is 18.0 Å². The van der Waals surface area contributed by atoms with E-state index in [1.807, 2.05) is 25.1 Å². The topological polar surface area (TPSA) is 68.3 Å². The molecule has 1 unspecified atom stereocenters. The summed E-state index contributed by atoms with van der Waals surface area (Å²) in [5, 5.41) is 3.94. The van der Waals surface area contributed by atoms with Gasteiger partial charge in [-0.05, 0) is 53.7 Å². The fourth-order valence-corrected chi connectivity index (χ4v) is 2.96. The van der Waals surface area contributed by atoms with E-state index in [9.17, 15) is 4.79 Å². The Kier molecular flexibility index (Phi) is 3.34. The first-order valence-electron chi connectivity index (χ1n) is 6.74. The third kappa shape index (κ3) is 2.36. The van der Waals surface area contributed by atoms with Crippen LogP contribution in [-0.2, 0) is 0 Å². The van der Waals surface area contributed by atoms with Crippen LogP contribution >= 0.6 is 15.9 Å². The van der Waals surface area contributed by atoms with E-state index in [1.165, 1.54) is 0 Å². The molecule has 0 saturated heterocycles. The van der Waals surface area contributed by atoms with Gasteiger partial charge in [-0.2, -0.15) is 0 Å². The molecule has 1 aromatic carbocycles. The zero-order chi connectivity index (χ0) is 14.3. The molecule has 1 fully saturated rings. The molecule has 3 N–H and O–H groups in total. The van der Waals surface area contributed by atoms with Gasteiger partial charge in [-0.3, -0.25) is 4.79 Å². The van der Waals surface area contributed by atoms with Crippen molar-refractivity contribution in [1.82, 2.24) is 5.32 Å². The van der Waals surface area contributed by atoms with Crippen LogP contribution in [0, 0.1) is 5.92 Å². The molecule has 1 heterocycles. The predicted octanol–water partition coefficient (Wildman–Crippen LogP) is 3.05. The molecule has 4 nitrogen and oxygen atoms in total. The van der Waals surface area contributed by atoms with Gasteiger partial charge in [-0.25, -0.2) is 0 Å². The predicted molar refractivity (Wildman–Crippen MR) is 81.6 cm³/mol. The van der Waals surface area contributed by atoms with E-state index in [0.717, 1.165) is 22.7 Å². The average molecular weight is 337 g/mol. The molecule has 106 valence electrons. The van der Waals surface area contributed by atoms with E-state index in [2.05, 4.69) is 21.2 Å². The standard InChI is InChI=1S/C15H17BrN2O2/c1-15(8-17,10-5-6-10)18-14(19)12-7-9-3-2-4-11(16)13(9)20-12/h2-4,7,10H,5-6,8,17H2,1H3,(H,18,19). The Balaban J connectivity index is 1.87. The lowest BCUT2D eigenvalue weighted by atomic mass is 9.96. The van der Waals surface area contributed by atoms with Crippen molar-refractivity contribution in [3.8, 4) is 0 Å². The van der Waals surface area contributed by atoms with Crippen molar-refractivity contribution in [2.24, 2.45) is 11.7 Å². The first-order chi connectivity index (χ1) is 9.53. The fourth-order valence-electron chi connectivity index (χ4n) is 2.50. The van der Waals surface area contributed by atoms with Crippen molar-refractivity contribution in [2.45, 2.75) is 25.3 Å². The van der Waals surface area contributed by atoms with E-state index in [0.29, 0.717) is 23.8 Å². The molecule has 1 amide bonds. The molecule has 1 saturated carbocycles. The average Bonchev–Trinajstić information content (AvgIpc) is 3.19. The summed E-state index contributed by atoms with van der Waals surface area (Å²) in [4.78, 5) is 12.4. The van der Waals surface area contributed by atoms with Crippen LogP contribution in [0.4, 0.5) is 0 Å². The molecule has 1 aromatic heterocycles. The highest BCUT2D eigenvalue weighted by Gasteiger charge is 2.42. The number of nitrogens with two attached hydrogens (primary N) is 1. The quantitative estimate of drug-likeness (QED) is 0.901. The normalized spacial score (nSPS) is 17.9. The highest BCUT2D eigenvalue weighted by Crippen LogP contribution is 2.39. The summed E-state index contributed by atoms with van der Waals surface area (Å²) in [7, 11) is 0. The number of furan rings is 1. The molecule has 2 aromatic rings. The van der Waals surface area contributed by atoms with Crippen LogP contribution in [0.3, 0.4) is 0 Å². The van der Waals surface area contributed by atoms with Crippen molar-refractivity contribution in [3.63, 3.8) is 0 Å².